The lowest BCUT2D eigenvalue weighted by Crippen LogP contribution is -2.26. The van der Waals surface area contributed by atoms with E-state index in [0.717, 1.165) is 22.0 Å². The molecule has 2 aromatic heterocycles. The number of thiophene rings is 1. The summed E-state index contributed by atoms with van der Waals surface area (Å²) in [5.41, 5.74) is -0.814. The Morgan fingerprint density at radius 2 is 1.96 bits per heavy atom. The Hall–Kier alpha value is -2.68. The van der Waals surface area contributed by atoms with Gasteiger partial charge in [-0.3, -0.25) is 4.79 Å². The molecule has 8 nitrogen and oxygen atoms in total. The van der Waals surface area contributed by atoms with Gasteiger partial charge < -0.3 is 14.9 Å². The summed E-state index contributed by atoms with van der Waals surface area (Å²) in [5, 5.41) is 18.7. The summed E-state index contributed by atoms with van der Waals surface area (Å²) in [6.45, 7) is 5.17. The average Bonchev–Trinajstić information content (AvgIpc) is 3.06. The van der Waals surface area contributed by atoms with Crippen LogP contribution in [0.3, 0.4) is 0 Å². The Labute approximate surface area is 142 Å². The zero-order valence-electron chi connectivity index (χ0n) is 13.4. The molecular formula is C15H18N2O6S. The molecule has 2 heterocycles. The molecule has 0 aliphatic rings. The molecule has 2 aromatic rings. The number of ether oxygens (including phenoxy) is 1. The molecule has 0 aromatic carbocycles. The SMILES string of the molecule is CC(C)(C)OC(=O)n1cnc(C(=O)O)c1.O=C(O)Cc1cccs1. The molecule has 130 valence electrons. The van der Waals surface area contributed by atoms with Gasteiger partial charge in [0.2, 0.25) is 0 Å². The van der Waals surface area contributed by atoms with Crippen molar-refractivity contribution in [2.75, 3.05) is 0 Å². The van der Waals surface area contributed by atoms with Crippen LogP contribution in [0.2, 0.25) is 0 Å². The summed E-state index contributed by atoms with van der Waals surface area (Å²) in [7, 11) is 0. The van der Waals surface area contributed by atoms with Gasteiger partial charge in [0.15, 0.2) is 5.69 Å². The first-order valence-electron chi connectivity index (χ1n) is 6.83. The maximum Gasteiger partial charge on any atom is 0.419 e. The second kappa shape index (κ2) is 8.25. The summed E-state index contributed by atoms with van der Waals surface area (Å²) in [6.07, 6.45) is 1.72. The number of aromatic nitrogens is 2. The molecule has 0 fully saturated rings. The van der Waals surface area contributed by atoms with Crippen molar-refractivity contribution in [3.63, 3.8) is 0 Å². The third-order valence-corrected chi connectivity index (χ3v) is 3.19. The number of carboxylic acid groups (broad SMARTS) is 2. The highest BCUT2D eigenvalue weighted by atomic mass is 32.1. The van der Waals surface area contributed by atoms with Crippen LogP contribution >= 0.6 is 11.3 Å². The van der Waals surface area contributed by atoms with E-state index in [4.69, 9.17) is 14.9 Å². The summed E-state index contributed by atoms with van der Waals surface area (Å²) < 4.78 is 6.00. The van der Waals surface area contributed by atoms with Gasteiger partial charge in [0.1, 0.15) is 11.9 Å². The summed E-state index contributed by atoms with van der Waals surface area (Å²) in [5.74, 6) is -1.95. The maximum atomic E-state index is 11.4. The predicted molar refractivity (Wildman–Crippen MR) is 86.5 cm³/mol. The first-order valence-corrected chi connectivity index (χ1v) is 7.71. The van der Waals surface area contributed by atoms with Gasteiger partial charge in [0.25, 0.3) is 0 Å². The van der Waals surface area contributed by atoms with Gasteiger partial charge in [-0.05, 0) is 32.2 Å². The van der Waals surface area contributed by atoms with Crippen LogP contribution in [0, 0.1) is 0 Å². The zero-order chi connectivity index (χ0) is 18.3. The van der Waals surface area contributed by atoms with Crippen molar-refractivity contribution < 1.29 is 29.3 Å². The van der Waals surface area contributed by atoms with Gasteiger partial charge in [-0.1, -0.05) is 6.07 Å². The average molecular weight is 354 g/mol. The summed E-state index contributed by atoms with van der Waals surface area (Å²) in [6, 6.07) is 3.67. The van der Waals surface area contributed by atoms with Crippen LogP contribution in [0.25, 0.3) is 0 Å². The smallest absolute Gasteiger partial charge is 0.419 e. The number of carbonyl (C=O) groups is 3. The van der Waals surface area contributed by atoms with Crippen molar-refractivity contribution in [3.05, 3.63) is 40.6 Å². The van der Waals surface area contributed by atoms with Crippen molar-refractivity contribution in [2.45, 2.75) is 32.8 Å². The minimum absolute atomic E-state index is 0.150. The van der Waals surface area contributed by atoms with E-state index in [-0.39, 0.29) is 12.1 Å². The second-order valence-electron chi connectivity index (χ2n) is 5.60. The van der Waals surface area contributed by atoms with Crippen LogP contribution < -0.4 is 0 Å². The highest BCUT2D eigenvalue weighted by molar-refractivity contribution is 7.10. The molecule has 0 saturated carbocycles. The number of rotatable bonds is 3. The number of carbonyl (C=O) groups excluding carboxylic acids is 1. The van der Waals surface area contributed by atoms with E-state index < -0.39 is 23.6 Å². The maximum absolute atomic E-state index is 11.4. The lowest BCUT2D eigenvalue weighted by molar-refractivity contribution is -0.136. The molecule has 24 heavy (non-hydrogen) atoms. The minimum atomic E-state index is -1.18. The Kier molecular flexibility index (Phi) is 6.66. The van der Waals surface area contributed by atoms with Crippen LogP contribution in [0.15, 0.2) is 30.0 Å². The predicted octanol–water partition coefficient (Wildman–Crippen LogP) is 2.74. The normalized spacial score (nSPS) is 10.5. The van der Waals surface area contributed by atoms with Crippen LogP contribution in [-0.4, -0.2) is 43.4 Å². The first-order chi connectivity index (χ1) is 11.1. The van der Waals surface area contributed by atoms with Gasteiger partial charge in [0.05, 0.1) is 6.42 Å². The standard InChI is InChI=1S/C9H12N2O4.C6H6O2S/c1-9(2,3)15-8(14)11-4-6(7(12)13)10-5-11;7-6(8)4-5-2-1-3-9-5/h4-5H,1-3H3,(H,12,13);1-3H,4H2,(H,7,8). The highest BCUT2D eigenvalue weighted by Gasteiger charge is 2.19. The molecule has 9 heteroatoms. The fraction of sp³-hybridized carbons (Fsp3) is 0.333. The Morgan fingerprint density at radius 1 is 1.29 bits per heavy atom. The Balaban J connectivity index is 0.000000272. The quantitative estimate of drug-likeness (QED) is 0.869. The van der Waals surface area contributed by atoms with Gasteiger partial charge in [0, 0.05) is 11.1 Å². The number of aliphatic carboxylic acids is 1. The number of imidazole rings is 1. The third-order valence-electron chi connectivity index (χ3n) is 2.31. The molecule has 0 atom stereocenters. The molecule has 0 aliphatic carbocycles. The van der Waals surface area contributed by atoms with Crippen molar-refractivity contribution in [1.29, 1.82) is 0 Å². The molecule has 0 amide bonds. The Morgan fingerprint density at radius 3 is 2.38 bits per heavy atom. The van der Waals surface area contributed by atoms with Crippen LogP contribution in [0.5, 0.6) is 0 Å². The van der Waals surface area contributed by atoms with Gasteiger partial charge in [-0.2, -0.15) is 0 Å². The van der Waals surface area contributed by atoms with Gasteiger partial charge in [-0.15, -0.1) is 11.3 Å². The molecule has 0 bridgehead atoms. The van der Waals surface area contributed by atoms with Gasteiger partial charge >= 0.3 is 18.0 Å². The number of nitrogens with zero attached hydrogens (tertiary/aromatic N) is 2. The van der Waals surface area contributed by atoms with E-state index in [0.29, 0.717) is 0 Å². The molecule has 2 N–H and O–H groups in total. The van der Waals surface area contributed by atoms with E-state index in [9.17, 15) is 14.4 Å². The monoisotopic (exact) mass is 354 g/mol. The van der Waals surface area contributed by atoms with E-state index in [2.05, 4.69) is 4.98 Å². The fourth-order valence-corrected chi connectivity index (χ4v) is 2.11. The summed E-state index contributed by atoms with van der Waals surface area (Å²) >= 11 is 1.47. The van der Waals surface area contributed by atoms with E-state index >= 15 is 0 Å². The topological polar surface area (TPSA) is 119 Å². The highest BCUT2D eigenvalue weighted by Crippen LogP contribution is 2.09. The minimum Gasteiger partial charge on any atom is -0.481 e. The zero-order valence-corrected chi connectivity index (χ0v) is 14.2. The van der Waals surface area contributed by atoms with Crippen LogP contribution in [0.1, 0.15) is 36.1 Å². The number of hydrogen-bond acceptors (Lipinski definition) is 6. The fourth-order valence-electron chi connectivity index (χ4n) is 1.41. The molecular weight excluding hydrogens is 336 g/mol. The molecule has 0 spiro atoms. The first kappa shape index (κ1) is 19.4. The van der Waals surface area contributed by atoms with Crippen molar-refractivity contribution in [3.8, 4) is 0 Å². The third kappa shape index (κ3) is 7.05. The molecule has 0 unspecified atom stereocenters. The van der Waals surface area contributed by atoms with Crippen molar-refractivity contribution >= 4 is 29.4 Å². The van der Waals surface area contributed by atoms with E-state index in [1.54, 1.807) is 20.8 Å². The second-order valence-corrected chi connectivity index (χ2v) is 6.63. The number of carboxylic acids is 2. The van der Waals surface area contributed by atoms with E-state index in [1.807, 2.05) is 17.5 Å². The lowest BCUT2D eigenvalue weighted by Gasteiger charge is -2.18. The number of aromatic carboxylic acids is 1. The lowest BCUT2D eigenvalue weighted by atomic mass is 10.2. The van der Waals surface area contributed by atoms with Crippen molar-refractivity contribution in [1.82, 2.24) is 9.55 Å². The Bertz CT molecular complexity index is 700. The molecule has 0 radical (unpaired) electrons. The largest absolute Gasteiger partial charge is 0.481 e. The van der Waals surface area contributed by atoms with Crippen LogP contribution in [0.4, 0.5) is 4.79 Å². The van der Waals surface area contributed by atoms with Crippen molar-refractivity contribution in [2.24, 2.45) is 0 Å². The number of hydrogen-bond donors (Lipinski definition) is 2. The molecule has 0 aliphatic heterocycles. The van der Waals surface area contributed by atoms with Crippen LogP contribution in [-0.2, 0) is 16.0 Å². The van der Waals surface area contributed by atoms with E-state index in [1.165, 1.54) is 11.3 Å². The molecule has 2 rings (SSSR count). The summed E-state index contributed by atoms with van der Waals surface area (Å²) in [4.78, 5) is 36.4. The van der Waals surface area contributed by atoms with Gasteiger partial charge in [-0.25, -0.2) is 19.1 Å². The molecule has 0 saturated heterocycles.